The zero-order valence-electron chi connectivity index (χ0n) is 12.6. The summed E-state index contributed by atoms with van der Waals surface area (Å²) in [6.07, 6.45) is 4.83. The lowest BCUT2D eigenvalue weighted by molar-refractivity contribution is 0.269. The molecule has 1 atom stereocenters. The number of fused-ring (bicyclic) bond motifs is 1. The van der Waals surface area contributed by atoms with Gasteiger partial charge in [0, 0.05) is 0 Å². The van der Waals surface area contributed by atoms with E-state index in [0.717, 1.165) is 36.5 Å². The van der Waals surface area contributed by atoms with Crippen LogP contribution in [-0.4, -0.2) is 29.7 Å². The first-order valence-corrected chi connectivity index (χ1v) is 7.69. The van der Waals surface area contributed by atoms with Crippen LogP contribution in [0.2, 0.25) is 0 Å². The number of hydrogen-bond acceptors (Lipinski definition) is 5. The second-order valence-electron chi connectivity index (χ2n) is 5.61. The third-order valence-electron chi connectivity index (χ3n) is 3.96. The zero-order valence-corrected chi connectivity index (χ0v) is 13.4. The highest BCUT2D eigenvalue weighted by Crippen LogP contribution is 2.21. The normalized spacial score (nSPS) is 17.9. The molecule has 3 rings (SSSR count). The van der Waals surface area contributed by atoms with Crippen molar-refractivity contribution in [1.29, 1.82) is 0 Å². The Morgan fingerprint density at radius 2 is 2.00 bits per heavy atom. The van der Waals surface area contributed by atoms with E-state index in [1.165, 1.54) is 19.3 Å². The van der Waals surface area contributed by atoms with Crippen molar-refractivity contribution in [3.8, 4) is 5.88 Å². The minimum absolute atomic E-state index is 0. The molecule has 0 bridgehead atoms. The summed E-state index contributed by atoms with van der Waals surface area (Å²) in [5, 5.41) is 3.44. The van der Waals surface area contributed by atoms with Crippen LogP contribution < -0.4 is 15.8 Å². The number of aromatic nitrogens is 2. The molecule has 5 nitrogen and oxygen atoms in total. The minimum atomic E-state index is 0. The first-order valence-electron chi connectivity index (χ1n) is 7.69. The quantitative estimate of drug-likeness (QED) is 0.828. The maximum atomic E-state index is 5.90. The van der Waals surface area contributed by atoms with Gasteiger partial charge in [0.25, 0.3) is 5.88 Å². The van der Waals surface area contributed by atoms with Gasteiger partial charge in [0.1, 0.15) is 0 Å². The number of nitrogens with two attached hydrogens (primary N) is 1. The summed E-state index contributed by atoms with van der Waals surface area (Å²) in [4.78, 5) is 8.76. The fourth-order valence-electron chi connectivity index (χ4n) is 2.81. The van der Waals surface area contributed by atoms with Crippen molar-refractivity contribution in [2.45, 2.75) is 25.7 Å². The van der Waals surface area contributed by atoms with Gasteiger partial charge in [-0.2, -0.15) is 0 Å². The molecule has 1 unspecified atom stereocenters. The molecule has 1 aromatic heterocycles. The second kappa shape index (κ2) is 8.15. The molecular formula is C16H23ClN4O. The van der Waals surface area contributed by atoms with Crippen molar-refractivity contribution in [2.75, 3.05) is 25.4 Å². The van der Waals surface area contributed by atoms with Gasteiger partial charge < -0.3 is 15.8 Å². The molecule has 1 aromatic carbocycles. The average Bonchev–Trinajstić information content (AvgIpc) is 2.53. The summed E-state index contributed by atoms with van der Waals surface area (Å²) in [6.45, 7) is 2.95. The lowest BCUT2D eigenvalue weighted by Gasteiger charge is -2.22. The molecule has 1 fully saturated rings. The molecule has 0 radical (unpaired) electrons. The molecule has 3 N–H and O–H groups in total. The van der Waals surface area contributed by atoms with E-state index in [4.69, 9.17) is 10.5 Å². The standard InChI is InChI=1S/C16H22N4O.ClH/c17-15-16(20-14-8-2-1-7-13(14)19-15)21-10-4-6-12-5-3-9-18-11-12;/h1-2,7-8,12,18H,3-6,9-11H2,(H2,17,19);1H. The van der Waals surface area contributed by atoms with Crippen LogP contribution in [0.25, 0.3) is 11.0 Å². The van der Waals surface area contributed by atoms with Crippen LogP contribution in [0.5, 0.6) is 5.88 Å². The van der Waals surface area contributed by atoms with Crippen LogP contribution in [0.15, 0.2) is 24.3 Å². The predicted octanol–water partition coefficient (Wildman–Crippen LogP) is 2.79. The average molecular weight is 323 g/mol. The highest BCUT2D eigenvalue weighted by Gasteiger charge is 2.13. The molecule has 0 saturated carbocycles. The summed E-state index contributed by atoms with van der Waals surface area (Å²) in [5.74, 6) is 1.60. The highest BCUT2D eigenvalue weighted by molar-refractivity contribution is 5.85. The molecule has 6 heteroatoms. The first-order chi connectivity index (χ1) is 10.3. The van der Waals surface area contributed by atoms with Crippen LogP contribution in [0.1, 0.15) is 25.7 Å². The van der Waals surface area contributed by atoms with Crippen molar-refractivity contribution in [3.63, 3.8) is 0 Å². The van der Waals surface area contributed by atoms with Gasteiger partial charge >= 0.3 is 0 Å². The topological polar surface area (TPSA) is 73.1 Å². The number of hydrogen-bond donors (Lipinski definition) is 2. The first kappa shape index (κ1) is 16.8. The third-order valence-corrected chi connectivity index (χ3v) is 3.96. The lowest BCUT2D eigenvalue weighted by Crippen LogP contribution is -2.29. The Morgan fingerprint density at radius 3 is 2.73 bits per heavy atom. The minimum Gasteiger partial charge on any atom is -0.475 e. The van der Waals surface area contributed by atoms with Gasteiger partial charge in [0.15, 0.2) is 5.82 Å². The van der Waals surface area contributed by atoms with E-state index < -0.39 is 0 Å². The number of para-hydroxylation sites is 2. The molecule has 1 saturated heterocycles. The molecule has 1 aliphatic heterocycles. The van der Waals surface area contributed by atoms with Crippen molar-refractivity contribution < 1.29 is 4.74 Å². The Kier molecular flexibility index (Phi) is 6.21. The van der Waals surface area contributed by atoms with Gasteiger partial charge in [-0.1, -0.05) is 12.1 Å². The Morgan fingerprint density at radius 1 is 1.23 bits per heavy atom. The van der Waals surface area contributed by atoms with Crippen molar-refractivity contribution >= 4 is 29.3 Å². The monoisotopic (exact) mass is 322 g/mol. The maximum Gasteiger partial charge on any atom is 0.257 e. The molecule has 120 valence electrons. The van der Waals surface area contributed by atoms with E-state index in [-0.39, 0.29) is 12.4 Å². The molecule has 2 heterocycles. The van der Waals surface area contributed by atoms with Crippen molar-refractivity contribution in [3.05, 3.63) is 24.3 Å². The molecule has 0 aliphatic carbocycles. The molecule has 0 spiro atoms. The number of piperidine rings is 1. The summed E-state index contributed by atoms with van der Waals surface area (Å²) in [5.41, 5.74) is 7.52. The molecule has 0 amide bonds. The van der Waals surface area contributed by atoms with Gasteiger partial charge in [-0.25, -0.2) is 9.97 Å². The summed E-state index contributed by atoms with van der Waals surface area (Å²) >= 11 is 0. The molecule has 22 heavy (non-hydrogen) atoms. The number of nitrogens with zero attached hydrogens (tertiary/aromatic N) is 2. The van der Waals surface area contributed by atoms with E-state index >= 15 is 0 Å². The Bertz CT molecular complexity index is 602. The van der Waals surface area contributed by atoms with Crippen molar-refractivity contribution in [1.82, 2.24) is 15.3 Å². The Hall–Kier alpha value is -1.59. The fraction of sp³-hybridized carbons (Fsp3) is 0.500. The Balaban J connectivity index is 0.00000176. The zero-order chi connectivity index (χ0) is 14.5. The number of nitrogens with one attached hydrogen (secondary N) is 1. The molecular weight excluding hydrogens is 300 g/mol. The number of halogens is 1. The number of nitrogen functional groups attached to an aromatic ring is 1. The van der Waals surface area contributed by atoms with Gasteiger partial charge in [-0.3, -0.25) is 0 Å². The summed E-state index contributed by atoms with van der Waals surface area (Å²) < 4.78 is 5.72. The highest BCUT2D eigenvalue weighted by atomic mass is 35.5. The van der Waals surface area contributed by atoms with E-state index in [0.29, 0.717) is 18.3 Å². The lowest BCUT2D eigenvalue weighted by atomic mass is 9.95. The smallest absolute Gasteiger partial charge is 0.257 e. The van der Waals surface area contributed by atoms with Crippen LogP contribution >= 0.6 is 12.4 Å². The Labute approximate surface area is 137 Å². The van der Waals surface area contributed by atoms with Gasteiger partial charge in [-0.05, 0) is 56.8 Å². The largest absolute Gasteiger partial charge is 0.475 e. The summed E-state index contributed by atoms with van der Waals surface area (Å²) in [6, 6.07) is 7.68. The van der Waals surface area contributed by atoms with Crippen molar-refractivity contribution in [2.24, 2.45) is 5.92 Å². The van der Waals surface area contributed by atoms with E-state index in [9.17, 15) is 0 Å². The second-order valence-corrected chi connectivity index (χ2v) is 5.61. The van der Waals surface area contributed by atoms with Gasteiger partial charge in [0.05, 0.1) is 17.6 Å². The van der Waals surface area contributed by atoms with E-state index in [1.807, 2.05) is 24.3 Å². The number of ether oxygens (including phenoxy) is 1. The van der Waals surface area contributed by atoms with Gasteiger partial charge in [-0.15, -0.1) is 12.4 Å². The molecule has 2 aromatic rings. The SMILES string of the molecule is Cl.Nc1nc2ccccc2nc1OCCCC1CCCNC1. The van der Waals surface area contributed by atoms with Crippen LogP contribution in [0, 0.1) is 5.92 Å². The van der Waals surface area contributed by atoms with Crippen LogP contribution in [0.4, 0.5) is 5.82 Å². The van der Waals surface area contributed by atoms with E-state index in [2.05, 4.69) is 15.3 Å². The van der Waals surface area contributed by atoms with Gasteiger partial charge in [0.2, 0.25) is 0 Å². The predicted molar refractivity (Wildman–Crippen MR) is 91.5 cm³/mol. The summed E-state index contributed by atoms with van der Waals surface area (Å²) in [7, 11) is 0. The number of benzene rings is 1. The van der Waals surface area contributed by atoms with Crippen LogP contribution in [-0.2, 0) is 0 Å². The number of anilines is 1. The maximum absolute atomic E-state index is 5.90. The number of rotatable bonds is 5. The molecule has 1 aliphatic rings. The fourth-order valence-corrected chi connectivity index (χ4v) is 2.81. The van der Waals surface area contributed by atoms with E-state index in [1.54, 1.807) is 0 Å². The van der Waals surface area contributed by atoms with Crippen LogP contribution in [0.3, 0.4) is 0 Å². The third kappa shape index (κ3) is 4.21.